The topological polar surface area (TPSA) is 55.5 Å². The van der Waals surface area contributed by atoms with Crippen molar-refractivity contribution < 1.29 is 9.84 Å². The van der Waals surface area contributed by atoms with Gasteiger partial charge in [-0.15, -0.1) is 0 Å². The van der Waals surface area contributed by atoms with Crippen LogP contribution in [0.1, 0.15) is 17.9 Å². The summed E-state index contributed by atoms with van der Waals surface area (Å²) in [5, 5.41) is 9.56. The lowest BCUT2D eigenvalue weighted by molar-refractivity contribution is 0.372. The van der Waals surface area contributed by atoms with Gasteiger partial charge in [0.15, 0.2) is 11.5 Å². The molecule has 15 heavy (non-hydrogen) atoms. The van der Waals surface area contributed by atoms with Crippen molar-refractivity contribution in [2.45, 2.75) is 12.3 Å². The third-order valence-corrected chi connectivity index (χ3v) is 3.61. The van der Waals surface area contributed by atoms with Crippen molar-refractivity contribution >= 4 is 15.9 Å². The summed E-state index contributed by atoms with van der Waals surface area (Å²) >= 11 is 3.45. The fraction of sp³-hybridized carbons (Fsp3) is 0.455. The Morgan fingerprint density at radius 1 is 1.60 bits per heavy atom. The first-order valence-electron chi connectivity index (χ1n) is 4.93. The first-order chi connectivity index (χ1) is 7.17. The Bertz CT molecular complexity index is 381. The van der Waals surface area contributed by atoms with Gasteiger partial charge in [-0.3, -0.25) is 0 Å². The minimum absolute atomic E-state index is 0.165. The molecule has 1 aliphatic rings. The maximum Gasteiger partial charge on any atom is 0.160 e. The molecule has 0 spiro atoms. The van der Waals surface area contributed by atoms with Crippen LogP contribution in [0.15, 0.2) is 16.6 Å². The van der Waals surface area contributed by atoms with Gasteiger partial charge in [-0.05, 0) is 42.5 Å². The van der Waals surface area contributed by atoms with Crippen molar-refractivity contribution in [1.82, 2.24) is 0 Å². The van der Waals surface area contributed by atoms with Gasteiger partial charge < -0.3 is 15.6 Å². The summed E-state index contributed by atoms with van der Waals surface area (Å²) < 4.78 is 6.02. The first-order valence-corrected chi connectivity index (χ1v) is 5.73. The number of hydrogen-bond donors (Lipinski definition) is 2. The minimum Gasteiger partial charge on any atom is -0.504 e. The Kier molecular flexibility index (Phi) is 2.89. The molecule has 82 valence electrons. The van der Waals surface area contributed by atoms with E-state index in [1.165, 1.54) is 5.56 Å². The Hall–Kier alpha value is -0.740. The molecule has 0 amide bonds. The Balaban J connectivity index is 2.31. The molecule has 0 aliphatic heterocycles. The van der Waals surface area contributed by atoms with Crippen LogP contribution in [0.4, 0.5) is 0 Å². The zero-order valence-electron chi connectivity index (χ0n) is 8.53. The van der Waals surface area contributed by atoms with E-state index in [4.69, 9.17) is 10.5 Å². The SMILES string of the molecule is COc1cc([C@@H]2C[C@H]2CN)c(Br)cc1O. The number of ether oxygens (including phenoxy) is 1. The van der Waals surface area contributed by atoms with E-state index in [-0.39, 0.29) is 5.75 Å². The highest BCUT2D eigenvalue weighted by Crippen LogP contribution is 2.50. The third-order valence-electron chi connectivity index (χ3n) is 2.92. The van der Waals surface area contributed by atoms with Crippen LogP contribution in [0.25, 0.3) is 0 Å². The highest BCUT2D eigenvalue weighted by atomic mass is 79.9. The maximum atomic E-state index is 9.56. The standard InChI is InChI=1S/C11H14BrNO2/c1-15-11-3-8(7-2-6(7)5-13)9(12)4-10(11)14/h3-4,6-7,14H,2,5,13H2,1H3/t6-,7+/m0/s1. The van der Waals surface area contributed by atoms with Crippen molar-refractivity contribution in [3.8, 4) is 11.5 Å². The predicted molar refractivity (Wildman–Crippen MR) is 62.3 cm³/mol. The Morgan fingerprint density at radius 2 is 2.33 bits per heavy atom. The smallest absolute Gasteiger partial charge is 0.160 e. The highest BCUT2D eigenvalue weighted by Gasteiger charge is 2.38. The summed E-state index contributed by atoms with van der Waals surface area (Å²) in [6.45, 7) is 0.723. The Labute approximate surface area is 97.4 Å². The van der Waals surface area contributed by atoms with E-state index in [9.17, 15) is 5.11 Å². The zero-order valence-corrected chi connectivity index (χ0v) is 10.1. The van der Waals surface area contributed by atoms with Gasteiger partial charge >= 0.3 is 0 Å². The van der Waals surface area contributed by atoms with E-state index in [0.717, 1.165) is 17.4 Å². The summed E-state index contributed by atoms with van der Waals surface area (Å²) in [6.07, 6.45) is 1.13. The van der Waals surface area contributed by atoms with Crippen molar-refractivity contribution in [3.05, 3.63) is 22.2 Å². The van der Waals surface area contributed by atoms with E-state index >= 15 is 0 Å². The van der Waals surface area contributed by atoms with Crippen LogP contribution in [-0.2, 0) is 0 Å². The minimum atomic E-state index is 0.165. The largest absolute Gasteiger partial charge is 0.504 e. The molecule has 0 saturated heterocycles. The van der Waals surface area contributed by atoms with Crippen LogP contribution in [0, 0.1) is 5.92 Å². The average molecular weight is 272 g/mol. The summed E-state index contributed by atoms with van der Waals surface area (Å²) in [4.78, 5) is 0. The van der Waals surface area contributed by atoms with Gasteiger partial charge in [0.1, 0.15) is 0 Å². The molecule has 0 bridgehead atoms. The molecule has 4 heteroatoms. The van der Waals surface area contributed by atoms with Crippen LogP contribution in [-0.4, -0.2) is 18.8 Å². The first kappa shape index (κ1) is 10.8. The van der Waals surface area contributed by atoms with E-state index in [1.54, 1.807) is 13.2 Å². The van der Waals surface area contributed by atoms with Crippen LogP contribution in [0.5, 0.6) is 11.5 Å². The molecule has 0 radical (unpaired) electrons. The van der Waals surface area contributed by atoms with Crippen LogP contribution in [0.2, 0.25) is 0 Å². The fourth-order valence-electron chi connectivity index (χ4n) is 1.90. The number of aromatic hydroxyl groups is 1. The molecular formula is C11H14BrNO2. The molecule has 1 saturated carbocycles. The second kappa shape index (κ2) is 4.02. The van der Waals surface area contributed by atoms with Gasteiger partial charge in [0.25, 0.3) is 0 Å². The number of rotatable bonds is 3. The number of phenols is 1. The summed E-state index contributed by atoms with van der Waals surface area (Å²) in [5.41, 5.74) is 6.80. The second-order valence-corrected chi connectivity index (χ2v) is 4.74. The maximum absolute atomic E-state index is 9.56. The van der Waals surface area contributed by atoms with Gasteiger partial charge in [0.05, 0.1) is 7.11 Å². The molecule has 1 aliphatic carbocycles. The van der Waals surface area contributed by atoms with Crippen molar-refractivity contribution in [2.24, 2.45) is 11.7 Å². The number of halogens is 1. The van der Waals surface area contributed by atoms with Gasteiger partial charge in [0, 0.05) is 4.47 Å². The highest BCUT2D eigenvalue weighted by molar-refractivity contribution is 9.10. The van der Waals surface area contributed by atoms with Crippen LogP contribution < -0.4 is 10.5 Å². The van der Waals surface area contributed by atoms with Gasteiger partial charge in [0.2, 0.25) is 0 Å². The summed E-state index contributed by atoms with van der Waals surface area (Å²) in [6, 6.07) is 3.57. The quantitative estimate of drug-likeness (QED) is 0.887. The number of phenolic OH excluding ortho intramolecular Hbond substituents is 1. The van der Waals surface area contributed by atoms with E-state index in [1.807, 2.05) is 6.07 Å². The molecule has 3 N–H and O–H groups in total. The molecule has 1 aromatic rings. The Morgan fingerprint density at radius 3 is 2.87 bits per heavy atom. The number of hydrogen-bond acceptors (Lipinski definition) is 3. The van der Waals surface area contributed by atoms with Crippen molar-refractivity contribution in [1.29, 1.82) is 0 Å². The van der Waals surface area contributed by atoms with E-state index < -0.39 is 0 Å². The molecule has 3 nitrogen and oxygen atoms in total. The van der Waals surface area contributed by atoms with Gasteiger partial charge in [-0.2, -0.15) is 0 Å². The number of methoxy groups -OCH3 is 1. The lowest BCUT2D eigenvalue weighted by Crippen LogP contribution is -2.02. The molecule has 0 heterocycles. The third kappa shape index (κ3) is 1.96. The average Bonchev–Trinajstić information content (AvgIpc) is 2.97. The molecule has 2 rings (SSSR count). The van der Waals surface area contributed by atoms with Crippen molar-refractivity contribution in [3.63, 3.8) is 0 Å². The molecule has 1 aromatic carbocycles. The van der Waals surface area contributed by atoms with Gasteiger partial charge in [-0.25, -0.2) is 0 Å². The molecule has 0 unspecified atom stereocenters. The van der Waals surface area contributed by atoms with E-state index in [2.05, 4.69) is 15.9 Å². The summed E-state index contributed by atoms with van der Waals surface area (Å²) in [5.74, 6) is 1.78. The predicted octanol–water partition coefficient (Wildman–Crippen LogP) is 2.23. The monoisotopic (exact) mass is 271 g/mol. The molecular weight excluding hydrogens is 258 g/mol. The zero-order chi connectivity index (χ0) is 11.0. The van der Waals surface area contributed by atoms with E-state index in [0.29, 0.717) is 17.6 Å². The molecule has 2 atom stereocenters. The number of nitrogens with two attached hydrogens (primary N) is 1. The number of benzene rings is 1. The van der Waals surface area contributed by atoms with Crippen LogP contribution >= 0.6 is 15.9 Å². The van der Waals surface area contributed by atoms with Crippen molar-refractivity contribution in [2.75, 3.05) is 13.7 Å². The fourth-order valence-corrected chi connectivity index (χ4v) is 2.52. The van der Waals surface area contributed by atoms with Gasteiger partial charge in [-0.1, -0.05) is 15.9 Å². The lowest BCUT2D eigenvalue weighted by atomic mass is 10.1. The normalized spacial score (nSPS) is 23.9. The second-order valence-electron chi connectivity index (χ2n) is 3.88. The summed E-state index contributed by atoms with van der Waals surface area (Å²) in [7, 11) is 1.56. The van der Waals surface area contributed by atoms with Crippen LogP contribution in [0.3, 0.4) is 0 Å². The molecule has 1 fully saturated rings. The lowest BCUT2D eigenvalue weighted by Gasteiger charge is -2.08. The molecule has 0 aromatic heterocycles.